The highest BCUT2D eigenvalue weighted by Gasteiger charge is 2.32. The van der Waals surface area contributed by atoms with E-state index >= 15 is 0 Å². The number of carbonyl (C=O) groups is 2. The van der Waals surface area contributed by atoms with Crippen molar-refractivity contribution in [1.29, 1.82) is 0 Å². The van der Waals surface area contributed by atoms with Gasteiger partial charge in [-0.15, -0.1) is 0 Å². The van der Waals surface area contributed by atoms with Gasteiger partial charge in [0.1, 0.15) is 18.7 Å². The van der Waals surface area contributed by atoms with E-state index in [0.717, 1.165) is 11.5 Å². The van der Waals surface area contributed by atoms with Gasteiger partial charge in [0, 0.05) is 56.2 Å². The van der Waals surface area contributed by atoms with E-state index in [9.17, 15) is 9.59 Å². The SMILES string of the molecule is O=C(CN1CCN(c2cccc(Cl)c2)C1=O)N1CCN(c2ccncn2)CC1. The van der Waals surface area contributed by atoms with Crippen molar-refractivity contribution in [1.82, 2.24) is 19.8 Å². The van der Waals surface area contributed by atoms with E-state index in [0.29, 0.717) is 44.3 Å². The van der Waals surface area contributed by atoms with Crippen LogP contribution in [0.25, 0.3) is 0 Å². The number of amides is 3. The Morgan fingerprint density at radius 1 is 1.07 bits per heavy atom. The molecule has 3 amide bonds. The zero-order chi connectivity index (χ0) is 19.5. The Bertz CT molecular complexity index is 857. The molecule has 2 saturated heterocycles. The second-order valence-corrected chi connectivity index (χ2v) is 7.21. The highest BCUT2D eigenvalue weighted by molar-refractivity contribution is 6.30. The second kappa shape index (κ2) is 8.02. The molecule has 0 bridgehead atoms. The predicted octanol–water partition coefficient (Wildman–Crippen LogP) is 1.72. The summed E-state index contributed by atoms with van der Waals surface area (Å²) >= 11 is 6.03. The molecule has 0 atom stereocenters. The first-order valence-electron chi connectivity index (χ1n) is 9.22. The molecule has 1 aromatic carbocycles. The lowest BCUT2D eigenvalue weighted by Crippen LogP contribution is -2.51. The summed E-state index contributed by atoms with van der Waals surface area (Å²) < 4.78 is 0. The number of carbonyl (C=O) groups excluding carboxylic acids is 2. The topological polar surface area (TPSA) is 72.9 Å². The van der Waals surface area contributed by atoms with Gasteiger partial charge in [-0.05, 0) is 24.3 Å². The molecule has 0 saturated carbocycles. The molecule has 0 aliphatic carbocycles. The van der Waals surface area contributed by atoms with Gasteiger partial charge in [0.2, 0.25) is 5.91 Å². The molecule has 0 radical (unpaired) electrons. The number of nitrogens with zero attached hydrogens (tertiary/aromatic N) is 6. The average Bonchev–Trinajstić information content (AvgIpc) is 3.09. The van der Waals surface area contributed by atoms with E-state index in [4.69, 9.17) is 11.6 Å². The molecule has 146 valence electrons. The molecule has 2 aliphatic heterocycles. The third-order valence-electron chi connectivity index (χ3n) is 5.06. The maximum absolute atomic E-state index is 12.7. The number of rotatable bonds is 4. The Kier molecular flexibility index (Phi) is 5.29. The van der Waals surface area contributed by atoms with Crippen LogP contribution in [0, 0.1) is 0 Å². The van der Waals surface area contributed by atoms with Crippen LogP contribution in [0.2, 0.25) is 5.02 Å². The monoisotopic (exact) mass is 400 g/mol. The van der Waals surface area contributed by atoms with Gasteiger partial charge in [0.25, 0.3) is 0 Å². The van der Waals surface area contributed by atoms with E-state index in [-0.39, 0.29) is 18.5 Å². The maximum Gasteiger partial charge on any atom is 0.325 e. The summed E-state index contributed by atoms with van der Waals surface area (Å²) in [4.78, 5) is 40.8. The highest BCUT2D eigenvalue weighted by Crippen LogP contribution is 2.23. The van der Waals surface area contributed by atoms with Crippen molar-refractivity contribution >= 4 is 35.0 Å². The minimum absolute atomic E-state index is 0.0244. The molecule has 1 aromatic heterocycles. The lowest BCUT2D eigenvalue weighted by Gasteiger charge is -2.36. The number of hydrogen-bond acceptors (Lipinski definition) is 5. The van der Waals surface area contributed by atoms with Crippen LogP contribution in [0.15, 0.2) is 42.9 Å². The van der Waals surface area contributed by atoms with E-state index < -0.39 is 0 Å². The third-order valence-corrected chi connectivity index (χ3v) is 5.30. The van der Waals surface area contributed by atoms with Crippen LogP contribution >= 0.6 is 11.6 Å². The molecule has 28 heavy (non-hydrogen) atoms. The molecule has 3 heterocycles. The van der Waals surface area contributed by atoms with Gasteiger partial charge < -0.3 is 14.7 Å². The summed E-state index contributed by atoms with van der Waals surface area (Å²) in [6.07, 6.45) is 3.24. The number of anilines is 2. The summed E-state index contributed by atoms with van der Waals surface area (Å²) in [7, 11) is 0. The number of aromatic nitrogens is 2. The molecule has 2 fully saturated rings. The average molecular weight is 401 g/mol. The van der Waals surface area contributed by atoms with Crippen molar-refractivity contribution in [3.8, 4) is 0 Å². The van der Waals surface area contributed by atoms with Crippen molar-refractivity contribution in [2.45, 2.75) is 0 Å². The zero-order valence-electron chi connectivity index (χ0n) is 15.4. The molecule has 8 nitrogen and oxygen atoms in total. The smallest absolute Gasteiger partial charge is 0.325 e. The van der Waals surface area contributed by atoms with E-state index in [1.165, 1.54) is 6.33 Å². The normalized spacial score (nSPS) is 17.4. The summed E-state index contributed by atoms with van der Waals surface area (Å²) in [5, 5.41) is 0.585. The summed E-state index contributed by atoms with van der Waals surface area (Å²) in [6.45, 7) is 3.83. The fourth-order valence-electron chi connectivity index (χ4n) is 3.53. The summed E-state index contributed by atoms with van der Waals surface area (Å²) in [5.74, 6) is 0.845. The Hall–Kier alpha value is -2.87. The third kappa shape index (κ3) is 3.87. The first-order chi connectivity index (χ1) is 13.6. The molecule has 2 aromatic rings. The van der Waals surface area contributed by atoms with Gasteiger partial charge in [0.05, 0.1) is 0 Å². The Labute approximate surface area is 168 Å². The van der Waals surface area contributed by atoms with Gasteiger partial charge in [0.15, 0.2) is 0 Å². The molecule has 9 heteroatoms. The van der Waals surface area contributed by atoms with Crippen LogP contribution in [0.4, 0.5) is 16.3 Å². The molecule has 0 unspecified atom stereocenters. The predicted molar refractivity (Wildman–Crippen MR) is 107 cm³/mol. The van der Waals surface area contributed by atoms with Crippen molar-refractivity contribution in [3.63, 3.8) is 0 Å². The maximum atomic E-state index is 12.7. The van der Waals surface area contributed by atoms with Gasteiger partial charge in [-0.2, -0.15) is 0 Å². The van der Waals surface area contributed by atoms with Crippen LogP contribution in [0.1, 0.15) is 0 Å². The van der Waals surface area contributed by atoms with Crippen molar-refractivity contribution < 1.29 is 9.59 Å². The molecule has 2 aliphatic rings. The standard InChI is InChI=1S/C19H21ClN6O2/c20-15-2-1-3-16(12-15)26-11-10-25(19(26)28)13-18(27)24-8-6-23(7-9-24)17-4-5-21-14-22-17/h1-5,12,14H,6-11,13H2. The van der Waals surface area contributed by atoms with Crippen LogP contribution in [-0.2, 0) is 4.79 Å². The van der Waals surface area contributed by atoms with Crippen LogP contribution < -0.4 is 9.80 Å². The minimum Gasteiger partial charge on any atom is -0.353 e. The van der Waals surface area contributed by atoms with Gasteiger partial charge in [-0.25, -0.2) is 14.8 Å². The van der Waals surface area contributed by atoms with E-state index in [2.05, 4.69) is 14.9 Å². The molecule has 4 rings (SSSR count). The Balaban J connectivity index is 1.31. The Morgan fingerprint density at radius 3 is 2.61 bits per heavy atom. The molecule has 0 spiro atoms. The highest BCUT2D eigenvalue weighted by atomic mass is 35.5. The van der Waals surface area contributed by atoms with Gasteiger partial charge in [-0.1, -0.05) is 17.7 Å². The quantitative estimate of drug-likeness (QED) is 0.781. The van der Waals surface area contributed by atoms with E-state index in [1.54, 1.807) is 28.1 Å². The first kappa shape index (κ1) is 18.5. The van der Waals surface area contributed by atoms with Gasteiger partial charge >= 0.3 is 6.03 Å². The van der Waals surface area contributed by atoms with Crippen LogP contribution in [0.3, 0.4) is 0 Å². The van der Waals surface area contributed by atoms with Gasteiger partial charge in [-0.3, -0.25) is 9.69 Å². The van der Waals surface area contributed by atoms with Crippen molar-refractivity contribution in [3.05, 3.63) is 47.9 Å². The summed E-state index contributed by atoms with van der Waals surface area (Å²) in [6, 6.07) is 8.91. The number of hydrogen-bond donors (Lipinski definition) is 0. The first-order valence-corrected chi connectivity index (χ1v) is 9.60. The van der Waals surface area contributed by atoms with E-state index in [1.807, 2.05) is 23.1 Å². The Morgan fingerprint density at radius 2 is 1.89 bits per heavy atom. The number of piperazine rings is 1. The fraction of sp³-hybridized carbons (Fsp3) is 0.368. The molecule has 0 N–H and O–H groups in total. The van der Waals surface area contributed by atoms with Crippen molar-refractivity contribution in [2.24, 2.45) is 0 Å². The lowest BCUT2D eigenvalue weighted by atomic mass is 10.3. The number of halogens is 1. The fourth-order valence-corrected chi connectivity index (χ4v) is 3.72. The van der Waals surface area contributed by atoms with Crippen molar-refractivity contribution in [2.75, 3.05) is 55.6 Å². The van der Waals surface area contributed by atoms with Crippen LogP contribution in [-0.4, -0.2) is 77.5 Å². The molecular weight excluding hydrogens is 380 g/mol. The molecular formula is C19H21ClN6O2. The largest absolute Gasteiger partial charge is 0.353 e. The second-order valence-electron chi connectivity index (χ2n) is 6.77. The zero-order valence-corrected chi connectivity index (χ0v) is 16.1. The number of benzene rings is 1. The minimum atomic E-state index is -0.157. The lowest BCUT2D eigenvalue weighted by molar-refractivity contribution is -0.131. The van der Waals surface area contributed by atoms with Crippen LogP contribution in [0.5, 0.6) is 0 Å². The number of urea groups is 1. The summed E-state index contributed by atoms with van der Waals surface area (Å²) in [5.41, 5.74) is 0.755.